The van der Waals surface area contributed by atoms with Gasteiger partial charge in [0.15, 0.2) is 0 Å². The van der Waals surface area contributed by atoms with Crippen molar-refractivity contribution in [2.45, 2.75) is 158 Å². The summed E-state index contributed by atoms with van der Waals surface area (Å²) in [5.74, 6) is 4.46. The molecule has 0 fully saturated rings. The van der Waals surface area contributed by atoms with Gasteiger partial charge in [0, 0.05) is 11.1 Å². The van der Waals surface area contributed by atoms with Crippen LogP contribution in [0.2, 0.25) is 0 Å². The first kappa shape index (κ1) is 34.1. The van der Waals surface area contributed by atoms with Crippen LogP contribution in [0.3, 0.4) is 0 Å². The molecule has 0 amide bonds. The van der Waals surface area contributed by atoms with Crippen LogP contribution >= 0.6 is 0 Å². The van der Waals surface area contributed by atoms with Crippen LogP contribution in [0.4, 0.5) is 0 Å². The topological polar surface area (TPSA) is 58.9 Å². The Labute approximate surface area is 257 Å². The Kier molecular flexibility index (Phi) is 11.0. The van der Waals surface area contributed by atoms with Crippen molar-refractivity contribution in [2.24, 2.45) is 11.8 Å². The molecule has 2 heterocycles. The number of hydrogen-bond donors (Lipinski definition) is 2. The zero-order valence-electron chi connectivity index (χ0n) is 28.9. The number of rotatable bonds is 8. The number of fused-ring (bicyclic) bond motifs is 2. The van der Waals surface area contributed by atoms with Crippen LogP contribution < -0.4 is 9.47 Å². The molecule has 2 aromatic carbocycles. The molecule has 2 aliphatic rings. The molecule has 2 N–H and O–H groups in total. The summed E-state index contributed by atoms with van der Waals surface area (Å²) in [5, 5.41) is 20.4. The minimum Gasteiger partial charge on any atom is -0.507 e. The van der Waals surface area contributed by atoms with E-state index >= 15 is 0 Å². The van der Waals surface area contributed by atoms with Crippen LogP contribution in [-0.4, -0.2) is 21.4 Å². The van der Waals surface area contributed by atoms with Gasteiger partial charge in [-0.25, -0.2) is 0 Å². The van der Waals surface area contributed by atoms with Gasteiger partial charge in [0.2, 0.25) is 0 Å². The van der Waals surface area contributed by atoms with E-state index in [4.69, 9.17) is 9.47 Å². The van der Waals surface area contributed by atoms with E-state index in [1.807, 2.05) is 27.7 Å². The molecule has 2 aliphatic heterocycles. The second-order valence-corrected chi connectivity index (χ2v) is 14.7. The van der Waals surface area contributed by atoms with Crippen molar-refractivity contribution in [1.29, 1.82) is 0 Å². The number of phenols is 2. The van der Waals surface area contributed by atoms with Crippen molar-refractivity contribution < 1.29 is 19.7 Å². The Morgan fingerprint density at radius 3 is 1.21 bits per heavy atom. The van der Waals surface area contributed by atoms with Crippen LogP contribution in [0.25, 0.3) is 0 Å². The van der Waals surface area contributed by atoms with Crippen molar-refractivity contribution in [2.75, 3.05) is 0 Å². The van der Waals surface area contributed by atoms with Gasteiger partial charge < -0.3 is 19.7 Å². The van der Waals surface area contributed by atoms with E-state index in [0.717, 1.165) is 95.2 Å². The maximum Gasteiger partial charge on any atom is 0.127 e. The van der Waals surface area contributed by atoms with Crippen molar-refractivity contribution in [3.8, 4) is 23.0 Å². The molecule has 0 radical (unpaired) electrons. The summed E-state index contributed by atoms with van der Waals surface area (Å²) < 4.78 is 12.9. The van der Waals surface area contributed by atoms with Gasteiger partial charge in [-0.3, -0.25) is 0 Å². The highest BCUT2D eigenvalue weighted by Gasteiger charge is 2.35. The molecule has 0 bridgehead atoms. The molecule has 0 saturated carbocycles. The lowest BCUT2D eigenvalue weighted by Gasteiger charge is -2.38. The minimum atomic E-state index is -0.0531. The fourth-order valence-electron chi connectivity index (χ4n) is 6.71. The SMILES string of the molecule is Cc1c(C)c2c(c(C)c1O)CCC(C)(CCCC(C)C)O2.Cc1c(C)c2c(c(C)c1O)CCC(C)(CCCC(C)C)O2. The van der Waals surface area contributed by atoms with Gasteiger partial charge in [0.05, 0.1) is 0 Å². The van der Waals surface area contributed by atoms with Crippen LogP contribution in [0.15, 0.2) is 0 Å². The highest BCUT2D eigenvalue weighted by Crippen LogP contribution is 2.46. The van der Waals surface area contributed by atoms with E-state index in [1.54, 1.807) is 0 Å². The van der Waals surface area contributed by atoms with Gasteiger partial charge in [0.1, 0.15) is 34.2 Å². The van der Waals surface area contributed by atoms with E-state index in [0.29, 0.717) is 11.5 Å². The number of ether oxygens (including phenoxy) is 2. The maximum absolute atomic E-state index is 10.2. The molecule has 0 saturated heterocycles. The molecule has 42 heavy (non-hydrogen) atoms. The van der Waals surface area contributed by atoms with Crippen LogP contribution in [0.5, 0.6) is 23.0 Å². The predicted molar refractivity (Wildman–Crippen MR) is 177 cm³/mol. The average molecular weight is 581 g/mol. The second-order valence-electron chi connectivity index (χ2n) is 14.7. The zero-order valence-corrected chi connectivity index (χ0v) is 28.9. The third-order valence-electron chi connectivity index (χ3n) is 10.2. The molecule has 0 spiro atoms. The summed E-state index contributed by atoms with van der Waals surface area (Å²) in [7, 11) is 0. The van der Waals surface area contributed by atoms with Gasteiger partial charge in [-0.05, 0) is 152 Å². The molecule has 2 unspecified atom stereocenters. The second kappa shape index (κ2) is 13.5. The number of phenolic OH excluding ortho intramolecular Hbond substituents is 2. The molecule has 2 atom stereocenters. The molecule has 236 valence electrons. The summed E-state index contributed by atoms with van der Waals surface area (Å²) in [6.07, 6.45) is 11.3. The third-order valence-corrected chi connectivity index (χ3v) is 10.2. The smallest absolute Gasteiger partial charge is 0.127 e. The van der Waals surface area contributed by atoms with Gasteiger partial charge in [-0.2, -0.15) is 0 Å². The summed E-state index contributed by atoms with van der Waals surface area (Å²) in [4.78, 5) is 0. The lowest BCUT2D eigenvalue weighted by atomic mass is 9.84. The van der Waals surface area contributed by atoms with Crippen LogP contribution in [-0.2, 0) is 12.8 Å². The van der Waals surface area contributed by atoms with Crippen LogP contribution in [0, 0.1) is 53.4 Å². The van der Waals surface area contributed by atoms with Gasteiger partial charge in [0.25, 0.3) is 0 Å². The van der Waals surface area contributed by atoms with Crippen molar-refractivity contribution in [3.63, 3.8) is 0 Å². The van der Waals surface area contributed by atoms with E-state index in [2.05, 4.69) is 55.4 Å². The highest BCUT2D eigenvalue weighted by molar-refractivity contribution is 5.59. The molecular weight excluding hydrogens is 520 g/mol. The van der Waals surface area contributed by atoms with Gasteiger partial charge in [-0.1, -0.05) is 40.5 Å². The fourth-order valence-corrected chi connectivity index (χ4v) is 6.71. The number of hydrogen-bond acceptors (Lipinski definition) is 4. The predicted octanol–water partition coefficient (Wildman–Crippen LogP) is 10.5. The lowest BCUT2D eigenvalue weighted by Crippen LogP contribution is -2.37. The summed E-state index contributed by atoms with van der Waals surface area (Å²) in [6.45, 7) is 25.7. The summed E-state index contributed by atoms with van der Waals surface area (Å²) in [5.41, 5.74) is 8.41. The Morgan fingerprint density at radius 1 is 0.571 bits per heavy atom. The zero-order chi connectivity index (χ0) is 31.6. The Bertz CT molecular complexity index is 1160. The number of aromatic hydroxyl groups is 2. The standard InChI is InChI=1S/2C19H30O2/c2*1-12(2)8-7-10-19(6)11-9-16-15(5)17(20)13(3)14(4)18(16)21-19/h2*12,20H,7-11H2,1-6H3. The Morgan fingerprint density at radius 2 is 0.905 bits per heavy atom. The van der Waals surface area contributed by atoms with Gasteiger partial charge >= 0.3 is 0 Å². The average Bonchev–Trinajstić information content (AvgIpc) is 2.92. The third kappa shape index (κ3) is 7.58. The summed E-state index contributed by atoms with van der Waals surface area (Å²) in [6, 6.07) is 0. The van der Waals surface area contributed by atoms with Crippen LogP contribution in [0.1, 0.15) is 137 Å². The molecule has 0 aliphatic carbocycles. The Hall–Kier alpha value is -2.36. The first-order valence-electron chi connectivity index (χ1n) is 16.5. The van der Waals surface area contributed by atoms with E-state index in [-0.39, 0.29) is 11.2 Å². The van der Waals surface area contributed by atoms with Crippen molar-refractivity contribution >= 4 is 0 Å². The molecular formula is C38H60O4. The molecule has 0 aromatic heterocycles. The molecule has 4 heteroatoms. The first-order chi connectivity index (χ1) is 19.5. The highest BCUT2D eigenvalue weighted by atomic mass is 16.5. The molecule has 4 nitrogen and oxygen atoms in total. The first-order valence-corrected chi connectivity index (χ1v) is 16.5. The summed E-state index contributed by atoms with van der Waals surface area (Å²) >= 11 is 0. The number of benzene rings is 2. The van der Waals surface area contributed by atoms with Crippen molar-refractivity contribution in [1.82, 2.24) is 0 Å². The van der Waals surface area contributed by atoms with E-state index < -0.39 is 0 Å². The lowest BCUT2D eigenvalue weighted by molar-refractivity contribution is 0.0512. The normalized spacial score (nSPS) is 21.3. The minimum absolute atomic E-state index is 0.0531. The molecule has 2 aromatic rings. The fraction of sp³-hybridized carbons (Fsp3) is 0.684. The van der Waals surface area contributed by atoms with Gasteiger partial charge in [-0.15, -0.1) is 0 Å². The van der Waals surface area contributed by atoms with E-state index in [9.17, 15) is 10.2 Å². The quantitative estimate of drug-likeness (QED) is 0.326. The monoisotopic (exact) mass is 580 g/mol. The maximum atomic E-state index is 10.2. The van der Waals surface area contributed by atoms with E-state index in [1.165, 1.54) is 36.8 Å². The molecule has 4 rings (SSSR count). The van der Waals surface area contributed by atoms with Crippen molar-refractivity contribution in [3.05, 3.63) is 44.5 Å². The Balaban J connectivity index is 0.000000230. The largest absolute Gasteiger partial charge is 0.507 e.